The van der Waals surface area contributed by atoms with E-state index >= 15 is 0 Å². The van der Waals surface area contributed by atoms with Gasteiger partial charge < -0.3 is 19.7 Å². The highest BCUT2D eigenvalue weighted by molar-refractivity contribution is 6.07. The number of quaternary nitrogens is 1. The zero-order chi connectivity index (χ0) is 16.8. The van der Waals surface area contributed by atoms with E-state index in [0.717, 1.165) is 4.90 Å². The number of hydrogen-bond donors (Lipinski definition) is 3. The van der Waals surface area contributed by atoms with Crippen LogP contribution in [0.15, 0.2) is 48.5 Å². The third-order valence-corrected chi connectivity index (χ3v) is 4.31. The van der Waals surface area contributed by atoms with Crippen LogP contribution in [0.3, 0.4) is 0 Å². The van der Waals surface area contributed by atoms with E-state index in [4.69, 9.17) is 10.2 Å². The molecule has 2 aromatic carbocycles. The largest absolute Gasteiger partial charge is 0.391 e. The lowest BCUT2D eigenvalue weighted by Gasteiger charge is -2.13. The molecule has 3 N–H and O–H groups in total. The lowest BCUT2D eigenvalue weighted by Crippen LogP contribution is -3.12. The molecule has 0 saturated heterocycles. The second-order valence-corrected chi connectivity index (χ2v) is 5.85. The standard InChI is InChI=1S/C20H22N2O2/c23-15-13-21(14-16-24)11-5-6-12-22-19-9-3-1-7-17(19)18-8-2-4-10-20(18)22/h1-4,7-10,23-24H,11-16H2/p+1. The Morgan fingerprint density at radius 2 is 1.33 bits per heavy atom. The Balaban J connectivity index is 1.84. The SMILES string of the molecule is OCC[NH+](CC#CCn1c2ccccc2c2ccccc21)CCO. The fourth-order valence-corrected chi connectivity index (χ4v) is 3.11. The van der Waals surface area contributed by atoms with Crippen molar-refractivity contribution in [1.82, 2.24) is 4.57 Å². The number of nitrogens with one attached hydrogen (secondary N) is 1. The normalized spacial score (nSPS) is 11.1. The van der Waals surface area contributed by atoms with Gasteiger partial charge in [-0.1, -0.05) is 42.3 Å². The van der Waals surface area contributed by atoms with Crippen molar-refractivity contribution in [2.45, 2.75) is 6.54 Å². The first kappa shape index (κ1) is 16.5. The molecule has 0 aliphatic heterocycles. The molecule has 0 saturated carbocycles. The minimum atomic E-state index is 0.115. The summed E-state index contributed by atoms with van der Waals surface area (Å²) in [4.78, 5) is 1.11. The molecule has 1 heterocycles. The van der Waals surface area contributed by atoms with Gasteiger partial charge in [-0.3, -0.25) is 0 Å². The van der Waals surface area contributed by atoms with Crippen LogP contribution in [0.1, 0.15) is 0 Å². The van der Waals surface area contributed by atoms with E-state index < -0.39 is 0 Å². The van der Waals surface area contributed by atoms with Crippen LogP contribution in [0.25, 0.3) is 21.8 Å². The first-order chi connectivity index (χ1) is 11.8. The van der Waals surface area contributed by atoms with Crippen LogP contribution in [0.4, 0.5) is 0 Å². The number of benzene rings is 2. The molecule has 0 unspecified atom stereocenters. The van der Waals surface area contributed by atoms with Gasteiger partial charge in [0.25, 0.3) is 0 Å². The highest BCUT2D eigenvalue weighted by Gasteiger charge is 2.08. The number of nitrogens with zero attached hydrogens (tertiary/aromatic N) is 1. The van der Waals surface area contributed by atoms with E-state index in [1.807, 2.05) is 0 Å². The van der Waals surface area contributed by atoms with Gasteiger partial charge in [0.2, 0.25) is 0 Å². The Morgan fingerprint density at radius 1 is 0.792 bits per heavy atom. The van der Waals surface area contributed by atoms with Crippen LogP contribution in [0.2, 0.25) is 0 Å². The topological polar surface area (TPSA) is 49.8 Å². The van der Waals surface area contributed by atoms with Gasteiger partial charge in [-0.15, -0.1) is 0 Å². The van der Waals surface area contributed by atoms with Gasteiger partial charge in [0, 0.05) is 21.8 Å². The third kappa shape index (κ3) is 3.44. The van der Waals surface area contributed by atoms with E-state index in [-0.39, 0.29) is 13.2 Å². The molecule has 4 nitrogen and oxygen atoms in total. The van der Waals surface area contributed by atoms with Gasteiger partial charge >= 0.3 is 0 Å². The molecule has 0 atom stereocenters. The highest BCUT2D eigenvalue weighted by atomic mass is 16.3. The lowest BCUT2D eigenvalue weighted by atomic mass is 10.2. The summed E-state index contributed by atoms with van der Waals surface area (Å²) < 4.78 is 2.25. The van der Waals surface area contributed by atoms with Crippen LogP contribution < -0.4 is 4.90 Å². The molecular formula is C20H23N2O2+. The summed E-state index contributed by atoms with van der Waals surface area (Å²) in [6, 6.07) is 16.8. The number of hydrogen-bond acceptors (Lipinski definition) is 2. The third-order valence-electron chi connectivity index (χ3n) is 4.31. The summed E-state index contributed by atoms with van der Waals surface area (Å²) in [5.74, 6) is 6.44. The Hall–Kier alpha value is -2.32. The molecular weight excluding hydrogens is 300 g/mol. The van der Waals surface area contributed by atoms with Crippen LogP contribution in [-0.4, -0.2) is 47.6 Å². The first-order valence-corrected chi connectivity index (χ1v) is 8.32. The summed E-state index contributed by atoms with van der Waals surface area (Å²) in [5.41, 5.74) is 2.39. The molecule has 124 valence electrons. The lowest BCUT2D eigenvalue weighted by molar-refractivity contribution is -0.893. The molecule has 0 amide bonds. The van der Waals surface area contributed by atoms with Crippen molar-refractivity contribution in [2.24, 2.45) is 0 Å². The van der Waals surface area contributed by atoms with Gasteiger partial charge in [0.05, 0.1) is 19.8 Å². The maximum absolute atomic E-state index is 9.05. The molecule has 3 aromatic rings. The fraction of sp³-hybridized carbons (Fsp3) is 0.300. The molecule has 1 aromatic heterocycles. The predicted molar refractivity (Wildman–Crippen MR) is 97.0 cm³/mol. The Kier molecular flexibility index (Phi) is 5.50. The monoisotopic (exact) mass is 323 g/mol. The van der Waals surface area contributed by atoms with Gasteiger partial charge in [0.15, 0.2) is 0 Å². The minimum Gasteiger partial charge on any atom is -0.391 e. The van der Waals surface area contributed by atoms with E-state index in [1.165, 1.54) is 21.8 Å². The molecule has 0 fully saturated rings. The maximum Gasteiger partial charge on any atom is 0.139 e. The average molecular weight is 323 g/mol. The molecule has 24 heavy (non-hydrogen) atoms. The van der Waals surface area contributed by atoms with Crippen molar-refractivity contribution in [1.29, 1.82) is 0 Å². The molecule has 0 radical (unpaired) electrons. The van der Waals surface area contributed by atoms with E-state index in [9.17, 15) is 0 Å². The minimum absolute atomic E-state index is 0.115. The number of para-hydroxylation sites is 2. The molecule has 3 rings (SSSR count). The van der Waals surface area contributed by atoms with Gasteiger partial charge in [-0.2, -0.15) is 0 Å². The molecule has 4 heteroatoms. The quantitative estimate of drug-likeness (QED) is 0.584. The summed E-state index contributed by atoms with van der Waals surface area (Å²) in [6.07, 6.45) is 0. The van der Waals surface area contributed by atoms with Crippen LogP contribution in [0, 0.1) is 11.8 Å². The zero-order valence-electron chi connectivity index (χ0n) is 13.7. The number of aromatic nitrogens is 1. The van der Waals surface area contributed by atoms with E-state index in [2.05, 4.69) is 64.9 Å². The predicted octanol–water partition coefficient (Wildman–Crippen LogP) is 0.667. The summed E-state index contributed by atoms with van der Waals surface area (Å²) in [6.45, 7) is 2.74. The van der Waals surface area contributed by atoms with Crippen molar-refractivity contribution in [3.05, 3.63) is 48.5 Å². The molecule has 0 spiro atoms. The summed E-state index contributed by atoms with van der Waals surface area (Å²) >= 11 is 0. The number of aliphatic hydroxyl groups excluding tert-OH is 2. The fourth-order valence-electron chi connectivity index (χ4n) is 3.11. The van der Waals surface area contributed by atoms with Crippen molar-refractivity contribution in [3.63, 3.8) is 0 Å². The first-order valence-electron chi connectivity index (χ1n) is 8.32. The highest BCUT2D eigenvalue weighted by Crippen LogP contribution is 2.28. The molecule has 0 aliphatic carbocycles. The number of rotatable bonds is 6. The Labute approximate surface area is 141 Å². The average Bonchev–Trinajstić information content (AvgIpc) is 2.93. The van der Waals surface area contributed by atoms with Gasteiger partial charge in [-0.25, -0.2) is 0 Å². The van der Waals surface area contributed by atoms with Gasteiger partial charge in [0.1, 0.15) is 19.6 Å². The van der Waals surface area contributed by atoms with Crippen LogP contribution >= 0.6 is 0 Å². The van der Waals surface area contributed by atoms with Crippen molar-refractivity contribution in [3.8, 4) is 11.8 Å². The molecule has 0 aliphatic rings. The number of aliphatic hydroxyl groups is 2. The second kappa shape index (κ2) is 7.98. The van der Waals surface area contributed by atoms with Crippen LogP contribution in [-0.2, 0) is 6.54 Å². The van der Waals surface area contributed by atoms with Crippen molar-refractivity contribution >= 4 is 21.8 Å². The summed E-state index contributed by atoms with van der Waals surface area (Å²) in [7, 11) is 0. The second-order valence-electron chi connectivity index (χ2n) is 5.85. The van der Waals surface area contributed by atoms with Crippen molar-refractivity contribution < 1.29 is 15.1 Å². The van der Waals surface area contributed by atoms with Gasteiger partial charge in [-0.05, 0) is 18.1 Å². The zero-order valence-corrected chi connectivity index (χ0v) is 13.7. The van der Waals surface area contributed by atoms with Crippen LogP contribution in [0.5, 0.6) is 0 Å². The Bertz CT molecular complexity index is 814. The Morgan fingerprint density at radius 3 is 1.88 bits per heavy atom. The van der Waals surface area contributed by atoms with E-state index in [1.54, 1.807) is 0 Å². The molecule has 0 bridgehead atoms. The summed E-state index contributed by atoms with van der Waals surface area (Å²) in [5, 5.41) is 20.6. The number of fused-ring (bicyclic) bond motifs is 3. The smallest absolute Gasteiger partial charge is 0.139 e. The maximum atomic E-state index is 9.05. The van der Waals surface area contributed by atoms with E-state index in [0.29, 0.717) is 26.2 Å². The van der Waals surface area contributed by atoms with Crippen molar-refractivity contribution in [2.75, 3.05) is 32.8 Å².